The molecule has 0 aliphatic carbocycles. The van der Waals surface area contributed by atoms with Gasteiger partial charge in [-0.05, 0) is 31.5 Å². The summed E-state index contributed by atoms with van der Waals surface area (Å²) in [7, 11) is 0. The third kappa shape index (κ3) is 3.92. The minimum absolute atomic E-state index is 0.284. The van der Waals surface area contributed by atoms with E-state index in [1.54, 1.807) is 30.0 Å². The number of morpholine rings is 1. The SMILES string of the molecule is Cc1cc(OC(=O)N2CCOCC2)n(C(C)(Cl)c2cccc(Cl)c2)n1. The average molecular weight is 384 g/mol. The highest BCUT2D eigenvalue weighted by molar-refractivity contribution is 6.31. The number of ether oxygens (including phenoxy) is 2. The summed E-state index contributed by atoms with van der Waals surface area (Å²) in [6.07, 6.45) is -0.442. The van der Waals surface area contributed by atoms with Gasteiger partial charge in [0.2, 0.25) is 5.88 Å². The summed E-state index contributed by atoms with van der Waals surface area (Å²) in [5.41, 5.74) is 1.44. The van der Waals surface area contributed by atoms with Gasteiger partial charge in [-0.2, -0.15) is 5.10 Å². The molecule has 25 heavy (non-hydrogen) atoms. The molecule has 1 aromatic carbocycles. The van der Waals surface area contributed by atoms with E-state index >= 15 is 0 Å². The second kappa shape index (κ2) is 7.23. The lowest BCUT2D eigenvalue weighted by molar-refractivity contribution is 0.0405. The maximum absolute atomic E-state index is 12.4. The lowest BCUT2D eigenvalue weighted by atomic mass is 10.1. The Morgan fingerprint density at radius 2 is 2.04 bits per heavy atom. The van der Waals surface area contributed by atoms with Crippen LogP contribution in [0.3, 0.4) is 0 Å². The Hall–Kier alpha value is -1.76. The highest BCUT2D eigenvalue weighted by atomic mass is 35.5. The first-order valence-corrected chi connectivity index (χ1v) is 8.70. The van der Waals surface area contributed by atoms with Crippen LogP contribution in [0.15, 0.2) is 30.3 Å². The number of carbonyl (C=O) groups is 1. The van der Waals surface area contributed by atoms with E-state index in [1.165, 1.54) is 4.68 Å². The summed E-state index contributed by atoms with van der Waals surface area (Å²) < 4.78 is 12.3. The van der Waals surface area contributed by atoms with Crippen molar-refractivity contribution in [3.8, 4) is 5.88 Å². The number of halogens is 2. The van der Waals surface area contributed by atoms with Gasteiger partial charge in [-0.15, -0.1) is 0 Å². The Balaban J connectivity index is 1.88. The third-order valence-corrected chi connectivity index (χ3v) is 4.62. The zero-order valence-electron chi connectivity index (χ0n) is 14.0. The molecule has 1 aromatic heterocycles. The Bertz CT molecular complexity index is 770. The van der Waals surface area contributed by atoms with Crippen LogP contribution in [-0.4, -0.2) is 47.1 Å². The van der Waals surface area contributed by atoms with Gasteiger partial charge in [-0.3, -0.25) is 0 Å². The minimum atomic E-state index is -1.06. The Morgan fingerprint density at radius 1 is 1.32 bits per heavy atom. The van der Waals surface area contributed by atoms with Crippen molar-refractivity contribution in [1.29, 1.82) is 0 Å². The number of amides is 1. The van der Waals surface area contributed by atoms with E-state index in [-0.39, 0.29) is 5.88 Å². The molecule has 2 aromatic rings. The van der Waals surface area contributed by atoms with Crippen molar-refractivity contribution in [1.82, 2.24) is 14.7 Å². The van der Waals surface area contributed by atoms with Crippen LogP contribution in [0.2, 0.25) is 5.02 Å². The van der Waals surface area contributed by atoms with Gasteiger partial charge in [-0.1, -0.05) is 35.3 Å². The normalized spacial score (nSPS) is 17.2. The molecule has 1 amide bonds. The van der Waals surface area contributed by atoms with Crippen molar-refractivity contribution >= 4 is 29.3 Å². The predicted octanol–water partition coefficient (Wildman–Crippen LogP) is 3.64. The van der Waals surface area contributed by atoms with Gasteiger partial charge in [0.25, 0.3) is 0 Å². The quantitative estimate of drug-likeness (QED) is 0.759. The molecule has 2 heterocycles. The maximum Gasteiger partial charge on any atom is 0.416 e. The number of hydrogen-bond donors (Lipinski definition) is 0. The van der Waals surface area contributed by atoms with Crippen molar-refractivity contribution in [2.24, 2.45) is 0 Å². The standard InChI is InChI=1S/C17H19Cl2N3O3/c1-12-10-15(25-16(23)21-6-8-24-9-7-21)22(20-12)17(2,19)13-4-3-5-14(18)11-13/h3-5,10-11H,6-9H2,1-2H3. The molecule has 134 valence electrons. The van der Waals surface area contributed by atoms with Crippen LogP contribution in [0.25, 0.3) is 0 Å². The lowest BCUT2D eigenvalue weighted by Gasteiger charge is -2.28. The summed E-state index contributed by atoms with van der Waals surface area (Å²) in [6, 6.07) is 8.88. The molecule has 0 spiro atoms. The van der Waals surface area contributed by atoms with Gasteiger partial charge in [-0.25, -0.2) is 9.48 Å². The van der Waals surface area contributed by atoms with Crippen molar-refractivity contribution in [3.63, 3.8) is 0 Å². The van der Waals surface area contributed by atoms with E-state index in [4.69, 9.17) is 32.7 Å². The van der Waals surface area contributed by atoms with E-state index in [0.717, 1.165) is 5.56 Å². The number of rotatable bonds is 3. The Labute approximate surface area is 156 Å². The molecule has 3 rings (SSSR count). The van der Waals surface area contributed by atoms with Gasteiger partial charge in [0.05, 0.1) is 18.9 Å². The molecule has 1 aliphatic rings. The lowest BCUT2D eigenvalue weighted by Crippen LogP contribution is -2.42. The fraction of sp³-hybridized carbons (Fsp3) is 0.412. The number of nitrogens with zero attached hydrogens (tertiary/aromatic N) is 3. The van der Waals surface area contributed by atoms with Crippen molar-refractivity contribution in [2.75, 3.05) is 26.3 Å². The first kappa shape index (κ1) is 18.0. The Morgan fingerprint density at radius 3 is 2.72 bits per heavy atom. The highest BCUT2D eigenvalue weighted by Gasteiger charge is 2.32. The fourth-order valence-corrected chi connectivity index (χ4v) is 3.07. The molecule has 1 aliphatic heterocycles. The predicted molar refractivity (Wildman–Crippen MR) is 95.4 cm³/mol. The van der Waals surface area contributed by atoms with Gasteiger partial charge < -0.3 is 14.4 Å². The minimum Gasteiger partial charge on any atom is -0.391 e. The summed E-state index contributed by atoms with van der Waals surface area (Å²) in [6.45, 7) is 5.59. The van der Waals surface area contributed by atoms with Crippen LogP contribution in [0, 0.1) is 6.92 Å². The molecule has 1 fully saturated rings. The van der Waals surface area contributed by atoms with E-state index in [0.29, 0.717) is 37.0 Å². The molecule has 1 saturated heterocycles. The number of alkyl halides is 1. The van der Waals surface area contributed by atoms with Crippen molar-refractivity contribution < 1.29 is 14.3 Å². The Kier molecular flexibility index (Phi) is 5.22. The number of hydrogen-bond acceptors (Lipinski definition) is 4. The molecule has 0 radical (unpaired) electrons. The zero-order chi connectivity index (χ0) is 18.0. The highest BCUT2D eigenvalue weighted by Crippen LogP contribution is 2.35. The molecular weight excluding hydrogens is 365 g/mol. The molecular formula is C17H19Cl2N3O3. The smallest absolute Gasteiger partial charge is 0.391 e. The number of benzene rings is 1. The molecule has 8 heteroatoms. The van der Waals surface area contributed by atoms with E-state index in [9.17, 15) is 4.79 Å². The molecule has 0 N–H and O–H groups in total. The first-order chi connectivity index (χ1) is 11.9. The van der Waals surface area contributed by atoms with E-state index < -0.39 is 11.1 Å². The second-order valence-corrected chi connectivity index (χ2v) is 7.14. The average Bonchev–Trinajstić information content (AvgIpc) is 2.97. The van der Waals surface area contributed by atoms with Crippen LogP contribution in [0.5, 0.6) is 5.88 Å². The summed E-state index contributed by atoms with van der Waals surface area (Å²) in [5, 5.41) is 4.98. The van der Waals surface area contributed by atoms with Crippen LogP contribution in [-0.2, 0) is 9.73 Å². The summed E-state index contributed by atoms with van der Waals surface area (Å²) in [5.74, 6) is 0.284. The number of aromatic nitrogens is 2. The number of aryl methyl sites for hydroxylation is 1. The molecule has 1 unspecified atom stereocenters. The van der Waals surface area contributed by atoms with Crippen molar-refractivity contribution in [3.05, 3.63) is 46.6 Å². The molecule has 0 bridgehead atoms. The van der Waals surface area contributed by atoms with Gasteiger partial charge in [0, 0.05) is 24.2 Å². The summed E-state index contributed by atoms with van der Waals surface area (Å²) >= 11 is 12.8. The van der Waals surface area contributed by atoms with E-state index in [2.05, 4.69) is 5.10 Å². The van der Waals surface area contributed by atoms with Crippen LogP contribution in [0.1, 0.15) is 18.2 Å². The van der Waals surface area contributed by atoms with Crippen LogP contribution < -0.4 is 4.74 Å². The maximum atomic E-state index is 12.4. The van der Waals surface area contributed by atoms with Gasteiger partial charge >= 0.3 is 6.09 Å². The van der Waals surface area contributed by atoms with Gasteiger partial charge in [0.15, 0.2) is 5.00 Å². The topological polar surface area (TPSA) is 56.6 Å². The number of carbonyl (C=O) groups excluding carboxylic acids is 1. The molecule has 6 nitrogen and oxygen atoms in total. The third-order valence-electron chi connectivity index (χ3n) is 4.01. The fourth-order valence-electron chi connectivity index (χ4n) is 2.64. The van der Waals surface area contributed by atoms with Crippen LogP contribution in [0.4, 0.5) is 4.79 Å². The van der Waals surface area contributed by atoms with Crippen molar-refractivity contribution in [2.45, 2.75) is 18.8 Å². The van der Waals surface area contributed by atoms with E-state index in [1.807, 2.05) is 19.1 Å². The molecule has 1 atom stereocenters. The zero-order valence-corrected chi connectivity index (χ0v) is 15.5. The molecule has 0 saturated carbocycles. The second-order valence-electron chi connectivity index (χ2n) is 5.97. The van der Waals surface area contributed by atoms with Crippen LogP contribution >= 0.6 is 23.2 Å². The largest absolute Gasteiger partial charge is 0.416 e. The monoisotopic (exact) mass is 383 g/mol. The first-order valence-electron chi connectivity index (χ1n) is 7.94. The van der Waals surface area contributed by atoms with Gasteiger partial charge in [0.1, 0.15) is 0 Å². The summed E-state index contributed by atoms with van der Waals surface area (Å²) in [4.78, 5) is 12.9.